The number of nitro groups is 1. The van der Waals surface area contributed by atoms with Crippen LogP contribution in [0.2, 0.25) is 0 Å². The van der Waals surface area contributed by atoms with Crippen LogP contribution in [0.25, 0.3) is 0 Å². The fraction of sp³-hybridized carbons (Fsp3) is 0.300. The van der Waals surface area contributed by atoms with Crippen molar-refractivity contribution in [2.24, 2.45) is 0 Å². The molecule has 0 saturated carbocycles. The Hall–Kier alpha value is -3.22. The van der Waals surface area contributed by atoms with Gasteiger partial charge in [-0.05, 0) is 25.0 Å². The van der Waals surface area contributed by atoms with Gasteiger partial charge in [-0.25, -0.2) is 4.79 Å². The highest BCUT2D eigenvalue weighted by Gasteiger charge is 2.21. The predicted octanol–water partition coefficient (Wildman–Crippen LogP) is 4.04. The monoisotopic (exact) mass is 370 g/mol. The summed E-state index contributed by atoms with van der Waals surface area (Å²) in [5, 5.41) is 14.1. The molecule has 2 rings (SSSR count). The number of nitrogens with zero attached hydrogens (tertiary/aromatic N) is 1. The Bertz CT molecular complexity index is 820. The molecule has 1 unspecified atom stereocenters. The van der Waals surface area contributed by atoms with Gasteiger partial charge >= 0.3 is 5.97 Å². The third kappa shape index (κ3) is 5.37. The number of carbonyl (C=O) groups excluding carboxylic acids is 2. The molecule has 0 radical (unpaired) electrons. The molecule has 0 bridgehead atoms. The summed E-state index contributed by atoms with van der Waals surface area (Å²) >= 11 is 0. The third-order valence-corrected chi connectivity index (χ3v) is 3.99. The molecule has 0 aliphatic carbocycles. The maximum Gasteiger partial charge on any atom is 0.338 e. The van der Waals surface area contributed by atoms with Gasteiger partial charge in [-0.2, -0.15) is 0 Å². The summed E-state index contributed by atoms with van der Waals surface area (Å²) in [6.45, 7) is 3.78. The summed E-state index contributed by atoms with van der Waals surface area (Å²) in [5.74, 6) is -1.19. The lowest BCUT2D eigenvalue weighted by atomic mass is 10.0. The second-order valence-corrected chi connectivity index (χ2v) is 5.97. The molecule has 0 spiro atoms. The SMILES string of the molecule is CCCC(NC(=O)c1cc(C(=O)OCC)cc([N+](=O)[O-])c1)c1ccccc1. The van der Waals surface area contributed by atoms with Crippen LogP contribution in [0, 0.1) is 10.1 Å². The van der Waals surface area contributed by atoms with Crippen molar-refractivity contribution in [2.45, 2.75) is 32.7 Å². The number of nitrogens with one attached hydrogen (secondary N) is 1. The number of rotatable bonds is 8. The van der Waals surface area contributed by atoms with E-state index >= 15 is 0 Å². The minimum Gasteiger partial charge on any atom is -0.462 e. The summed E-state index contributed by atoms with van der Waals surface area (Å²) in [7, 11) is 0. The van der Waals surface area contributed by atoms with Crippen molar-refractivity contribution >= 4 is 17.6 Å². The molecule has 1 amide bonds. The van der Waals surface area contributed by atoms with Crippen molar-refractivity contribution in [1.29, 1.82) is 0 Å². The number of carbonyl (C=O) groups is 2. The smallest absolute Gasteiger partial charge is 0.338 e. The topological polar surface area (TPSA) is 98.5 Å². The summed E-state index contributed by atoms with van der Waals surface area (Å²) in [4.78, 5) is 35.2. The van der Waals surface area contributed by atoms with E-state index in [4.69, 9.17) is 4.74 Å². The first-order chi connectivity index (χ1) is 13.0. The van der Waals surface area contributed by atoms with Crippen LogP contribution >= 0.6 is 0 Å². The Balaban J connectivity index is 2.33. The van der Waals surface area contributed by atoms with Crippen LogP contribution in [-0.2, 0) is 4.74 Å². The molecule has 0 aromatic heterocycles. The van der Waals surface area contributed by atoms with Crippen LogP contribution in [0.5, 0.6) is 0 Å². The van der Waals surface area contributed by atoms with Crippen molar-refractivity contribution in [2.75, 3.05) is 6.61 Å². The highest BCUT2D eigenvalue weighted by molar-refractivity contribution is 5.99. The van der Waals surface area contributed by atoms with Crippen LogP contribution in [0.15, 0.2) is 48.5 Å². The molecule has 0 aliphatic heterocycles. The van der Waals surface area contributed by atoms with Crippen LogP contribution in [0.3, 0.4) is 0 Å². The van der Waals surface area contributed by atoms with Crippen molar-refractivity contribution in [3.63, 3.8) is 0 Å². The van der Waals surface area contributed by atoms with E-state index in [9.17, 15) is 19.7 Å². The fourth-order valence-electron chi connectivity index (χ4n) is 2.72. The third-order valence-electron chi connectivity index (χ3n) is 3.99. The molecule has 0 fully saturated rings. The first-order valence-electron chi connectivity index (χ1n) is 8.78. The molecule has 2 aromatic carbocycles. The number of hydrogen-bond acceptors (Lipinski definition) is 5. The Morgan fingerprint density at radius 2 is 1.78 bits per heavy atom. The minimum atomic E-state index is -0.705. The van der Waals surface area contributed by atoms with E-state index in [0.29, 0.717) is 0 Å². The molecule has 142 valence electrons. The zero-order chi connectivity index (χ0) is 19.8. The summed E-state index contributed by atoms with van der Waals surface area (Å²) < 4.78 is 4.89. The maximum atomic E-state index is 12.7. The average molecular weight is 370 g/mol. The van der Waals surface area contributed by atoms with Gasteiger partial charge in [0, 0.05) is 17.7 Å². The van der Waals surface area contributed by atoms with Gasteiger partial charge in [0.2, 0.25) is 0 Å². The summed E-state index contributed by atoms with van der Waals surface area (Å²) in [6, 6.07) is 12.8. The standard InChI is InChI=1S/C20H22N2O5/c1-3-8-18(14-9-6-5-7-10-14)21-19(23)15-11-16(20(24)27-4-2)13-17(12-15)22(25)26/h5-7,9-13,18H,3-4,8H2,1-2H3,(H,21,23). The quantitative estimate of drug-likeness (QED) is 0.429. The Labute approximate surface area is 157 Å². The molecule has 0 heterocycles. The van der Waals surface area contributed by atoms with Gasteiger partial charge < -0.3 is 10.1 Å². The lowest BCUT2D eigenvalue weighted by Gasteiger charge is -2.19. The Morgan fingerprint density at radius 1 is 1.11 bits per heavy atom. The first-order valence-corrected chi connectivity index (χ1v) is 8.78. The predicted molar refractivity (Wildman–Crippen MR) is 101 cm³/mol. The molecular formula is C20H22N2O5. The molecular weight excluding hydrogens is 348 g/mol. The number of ether oxygens (including phenoxy) is 1. The normalized spacial score (nSPS) is 11.5. The second-order valence-electron chi connectivity index (χ2n) is 5.97. The van der Waals surface area contributed by atoms with E-state index in [2.05, 4.69) is 5.32 Å². The summed E-state index contributed by atoms with van der Waals surface area (Å²) in [6.07, 6.45) is 1.57. The molecule has 7 nitrogen and oxygen atoms in total. The van der Waals surface area contributed by atoms with Gasteiger partial charge in [-0.3, -0.25) is 14.9 Å². The van der Waals surface area contributed by atoms with Crippen LogP contribution in [0.1, 0.15) is 59.0 Å². The van der Waals surface area contributed by atoms with Crippen LogP contribution < -0.4 is 5.32 Å². The fourth-order valence-corrected chi connectivity index (χ4v) is 2.72. The lowest BCUT2D eigenvalue weighted by molar-refractivity contribution is -0.384. The number of benzene rings is 2. The van der Waals surface area contributed by atoms with Crippen LogP contribution in [0.4, 0.5) is 5.69 Å². The number of hydrogen-bond donors (Lipinski definition) is 1. The second kappa shape index (κ2) is 9.47. The van der Waals surface area contributed by atoms with E-state index in [1.165, 1.54) is 6.07 Å². The van der Waals surface area contributed by atoms with Gasteiger partial charge in [0.1, 0.15) is 0 Å². The Kier molecular flexibility index (Phi) is 7.05. The first kappa shape index (κ1) is 20.1. The van der Waals surface area contributed by atoms with Gasteiger partial charge in [0.25, 0.3) is 11.6 Å². The number of nitro benzene ring substituents is 1. The highest BCUT2D eigenvalue weighted by atomic mass is 16.6. The molecule has 0 aliphatic rings. The van der Waals surface area contributed by atoms with E-state index in [1.54, 1.807) is 6.92 Å². The number of esters is 1. The van der Waals surface area contributed by atoms with E-state index < -0.39 is 16.8 Å². The van der Waals surface area contributed by atoms with E-state index in [-0.39, 0.29) is 29.5 Å². The maximum absolute atomic E-state index is 12.7. The van der Waals surface area contributed by atoms with Crippen molar-refractivity contribution in [3.8, 4) is 0 Å². The molecule has 27 heavy (non-hydrogen) atoms. The average Bonchev–Trinajstić information content (AvgIpc) is 2.68. The van der Waals surface area contributed by atoms with Gasteiger partial charge in [0.15, 0.2) is 0 Å². The molecule has 2 aromatic rings. The summed E-state index contributed by atoms with van der Waals surface area (Å²) in [5.41, 5.74) is 0.633. The van der Waals surface area contributed by atoms with E-state index in [0.717, 1.165) is 30.5 Å². The van der Waals surface area contributed by atoms with Gasteiger partial charge in [-0.15, -0.1) is 0 Å². The van der Waals surface area contributed by atoms with Gasteiger partial charge in [-0.1, -0.05) is 43.7 Å². The van der Waals surface area contributed by atoms with E-state index in [1.807, 2.05) is 37.3 Å². The highest BCUT2D eigenvalue weighted by Crippen LogP contribution is 2.22. The molecule has 7 heteroatoms. The van der Waals surface area contributed by atoms with Crippen molar-refractivity contribution < 1.29 is 19.2 Å². The number of amides is 1. The lowest BCUT2D eigenvalue weighted by Crippen LogP contribution is -2.28. The van der Waals surface area contributed by atoms with Crippen molar-refractivity contribution in [3.05, 3.63) is 75.3 Å². The van der Waals surface area contributed by atoms with Crippen LogP contribution in [-0.4, -0.2) is 23.4 Å². The molecule has 1 N–H and O–H groups in total. The zero-order valence-corrected chi connectivity index (χ0v) is 15.3. The molecule has 0 saturated heterocycles. The zero-order valence-electron chi connectivity index (χ0n) is 15.3. The molecule has 1 atom stereocenters. The van der Waals surface area contributed by atoms with Crippen molar-refractivity contribution in [1.82, 2.24) is 5.32 Å². The number of non-ortho nitro benzene ring substituents is 1. The minimum absolute atomic E-state index is 0.0250. The largest absolute Gasteiger partial charge is 0.462 e. The van der Waals surface area contributed by atoms with Gasteiger partial charge in [0.05, 0.1) is 23.1 Å². The Morgan fingerprint density at radius 3 is 2.37 bits per heavy atom.